The van der Waals surface area contributed by atoms with Crippen LogP contribution in [0.15, 0.2) is 46.1 Å². The zero-order valence-corrected chi connectivity index (χ0v) is 22.9. The van der Waals surface area contributed by atoms with E-state index in [1.807, 2.05) is 37.1 Å². The molecule has 6 radical (unpaired) electrons. The molecule has 1 atom stereocenters. The Morgan fingerprint density at radius 2 is 1.95 bits per heavy atom. The van der Waals surface area contributed by atoms with Gasteiger partial charge < -0.3 is 14.4 Å². The molecule has 2 aliphatic heterocycles. The van der Waals surface area contributed by atoms with E-state index < -0.39 is 5.30 Å². The molecule has 192 valence electrons. The minimum Gasteiger partial charge on any atom is -0.400 e. The van der Waals surface area contributed by atoms with Gasteiger partial charge in [-0.25, -0.2) is 9.29 Å². The second kappa shape index (κ2) is 11.5. The molecule has 2 aliphatic rings. The molecule has 38 heavy (non-hydrogen) atoms. The number of anilines is 1. The molecular weight excluding hydrogens is 493 g/mol. The molecule has 2 fully saturated rings. The number of nitrogens with zero attached hydrogens (tertiary/aromatic N) is 4. The van der Waals surface area contributed by atoms with E-state index in [-0.39, 0.29) is 18.3 Å². The molecular formula is C27H31B3N4O3S. The summed E-state index contributed by atoms with van der Waals surface area (Å²) in [5.41, 5.74) is 4.15. The van der Waals surface area contributed by atoms with E-state index in [1.165, 1.54) is 22.4 Å². The van der Waals surface area contributed by atoms with Crippen LogP contribution in [0.25, 0.3) is 10.9 Å². The Kier molecular flexibility index (Phi) is 8.29. The van der Waals surface area contributed by atoms with Gasteiger partial charge in [0.2, 0.25) is 0 Å². The van der Waals surface area contributed by atoms with E-state index in [9.17, 15) is 4.79 Å². The van der Waals surface area contributed by atoms with Crippen LogP contribution in [0.1, 0.15) is 23.4 Å². The first-order valence-electron chi connectivity index (χ1n) is 13.1. The lowest BCUT2D eigenvalue weighted by molar-refractivity contribution is -0.0263. The van der Waals surface area contributed by atoms with Crippen molar-refractivity contribution in [3.05, 3.63) is 63.7 Å². The molecule has 11 heteroatoms. The van der Waals surface area contributed by atoms with Gasteiger partial charge in [0.05, 0.1) is 53.8 Å². The molecule has 0 saturated carbocycles. The molecule has 0 bridgehead atoms. The summed E-state index contributed by atoms with van der Waals surface area (Å²) in [7, 11) is 16.5. The van der Waals surface area contributed by atoms with Crippen LogP contribution >= 0.6 is 11.9 Å². The second-order valence-electron chi connectivity index (χ2n) is 10.1. The zero-order chi connectivity index (χ0) is 26.9. The largest absolute Gasteiger partial charge is 0.400 e. The summed E-state index contributed by atoms with van der Waals surface area (Å²) in [6, 6.07) is 12.4. The molecule has 2 aromatic carbocycles. The van der Waals surface area contributed by atoms with Gasteiger partial charge in [0.1, 0.15) is 5.82 Å². The van der Waals surface area contributed by atoms with Gasteiger partial charge in [-0.3, -0.25) is 9.36 Å². The van der Waals surface area contributed by atoms with Crippen molar-refractivity contribution in [2.24, 2.45) is 0 Å². The Hall–Kier alpha value is -2.20. The number of fused-ring (bicyclic) bond motifs is 1. The summed E-state index contributed by atoms with van der Waals surface area (Å²) in [5.74, 6) is 0.709. The normalized spacial score (nSPS) is 18.6. The quantitative estimate of drug-likeness (QED) is 0.315. The van der Waals surface area contributed by atoms with Crippen molar-refractivity contribution in [1.29, 1.82) is 0 Å². The summed E-state index contributed by atoms with van der Waals surface area (Å²) in [4.78, 5) is 21.7. The number of ether oxygens (including phenoxy) is 2. The lowest BCUT2D eigenvalue weighted by Crippen LogP contribution is -2.47. The van der Waals surface area contributed by atoms with E-state index >= 15 is 0 Å². The minimum absolute atomic E-state index is 0.0138. The van der Waals surface area contributed by atoms with E-state index in [2.05, 4.69) is 34.3 Å². The van der Waals surface area contributed by atoms with Crippen LogP contribution < -0.4 is 10.5 Å². The van der Waals surface area contributed by atoms with Gasteiger partial charge >= 0.3 is 0 Å². The molecule has 3 aromatic rings. The van der Waals surface area contributed by atoms with Gasteiger partial charge in [-0.15, -0.1) is 0 Å². The number of aryl methyl sites for hydroxylation is 3. The van der Waals surface area contributed by atoms with Crippen LogP contribution in [0.4, 0.5) is 5.69 Å². The Morgan fingerprint density at radius 3 is 2.66 bits per heavy atom. The van der Waals surface area contributed by atoms with Crippen molar-refractivity contribution in [2.75, 3.05) is 44.3 Å². The van der Waals surface area contributed by atoms with Crippen molar-refractivity contribution < 1.29 is 9.47 Å². The highest BCUT2D eigenvalue weighted by Gasteiger charge is 2.23. The fourth-order valence-electron chi connectivity index (χ4n) is 4.84. The van der Waals surface area contributed by atoms with Crippen molar-refractivity contribution in [2.45, 2.75) is 49.5 Å². The fraction of sp³-hybridized carbons (Fsp3) is 0.481. The van der Waals surface area contributed by atoms with Gasteiger partial charge in [-0.2, -0.15) is 0 Å². The number of rotatable bonds is 9. The Balaban J connectivity index is 1.28. The first-order valence-corrected chi connectivity index (χ1v) is 13.8. The molecule has 2 saturated heterocycles. The predicted molar refractivity (Wildman–Crippen MR) is 156 cm³/mol. The van der Waals surface area contributed by atoms with E-state index in [1.54, 1.807) is 4.57 Å². The van der Waals surface area contributed by atoms with E-state index in [4.69, 9.17) is 38.0 Å². The van der Waals surface area contributed by atoms with Crippen LogP contribution in [-0.2, 0) is 22.4 Å². The average Bonchev–Trinajstić information content (AvgIpc) is 2.85. The third kappa shape index (κ3) is 6.50. The smallest absolute Gasteiger partial charge is 0.261 e. The fourth-order valence-corrected chi connectivity index (χ4v) is 5.94. The third-order valence-electron chi connectivity index (χ3n) is 7.12. The summed E-state index contributed by atoms with van der Waals surface area (Å²) in [6.07, 6.45) is 1.84. The van der Waals surface area contributed by atoms with Gasteiger partial charge in [0.15, 0.2) is 0 Å². The molecule has 1 aromatic heterocycles. The van der Waals surface area contributed by atoms with Crippen LogP contribution in [0, 0.1) is 13.8 Å². The lowest BCUT2D eigenvalue weighted by Gasteiger charge is -2.36. The van der Waals surface area contributed by atoms with Gasteiger partial charge in [-0.05, 0) is 85.4 Å². The molecule has 1 unspecified atom stereocenters. The van der Waals surface area contributed by atoms with Crippen LogP contribution in [0.5, 0.6) is 0 Å². The maximum atomic E-state index is 13.4. The van der Waals surface area contributed by atoms with Gasteiger partial charge in [0, 0.05) is 43.3 Å². The zero-order valence-electron chi connectivity index (χ0n) is 22.1. The number of morpholine rings is 1. The number of benzene rings is 2. The van der Waals surface area contributed by atoms with Crippen molar-refractivity contribution in [1.82, 2.24) is 13.9 Å². The average molecular weight is 524 g/mol. The summed E-state index contributed by atoms with van der Waals surface area (Å²) >= 11 is 1.83. The molecule has 0 N–H and O–H groups in total. The molecule has 5 rings (SSSR count). The predicted octanol–water partition coefficient (Wildman–Crippen LogP) is 2.31. The lowest BCUT2D eigenvalue weighted by atomic mass is 9.52. The Morgan fingerprint density at radius 1 is 1.13 bits per heavy atom. The topological polar surface area (TPSA) is 59.8 Å². The third-order valence-corrected chi connectivity index (χ3v) is 8.21. The highest BCUT2D eigenvalue weighted by Crippen LogP contribution is 2.29. The van der Waals surface area contributed by atoms with E-state index in [0.29, 0.717) is 43.0 Å². The van der Waals surface area contributed by atoms with Crippen molar-refractivity contribution in [3.8, 4) is 0 Å². The SMILES string of the molecule is [B]C([B])([B])OCC1CN(c2ccc3c(=O)n(CCc4ccc(SN5CCC5)cc4C)c(C)nc3c2)CCO1. The van der Waals surface area contributed by atoms with Crippen LogP contribution in [-0.4, -0.2) is 88.2 Å². The highest BCUT2D eigenvalue weighted by atomic mass is 32.2. The second-order valence-corrected chi connectivity index (χ2v) is 11.3. The maximum absolute atomic E-state index is 13.4. The van der Waals surface area contributed by atoms with Crippen LogP contribution in [0.3, 0.4) is 0 Å². The van der Waals surface area contributed by atoms with E-state index in [0.717, 1.165) is 25.2 Å². The molecule has 0 spiro atoms. The van der Waals surface area contributed by atoms with Crippen molar-refractivity contribution >= 4 is 52.1 Å². The first kappa shape index (κ1) is 27.4. The summed E-state index contributed by atoms with van der Waals surface area (Å²) in [6.45, 7) is 8.97. The number of aromatic nitrogens is 2. The highest BCUT2D eigenvalue weighted by molar-refractivity contribution is 7.97. The number of hydrogen-bond donors (Lipinski definition) is 0. The van der Waals surface area contributed by atoms with Gasteiger partial charge in [-0.1, -0.05) is 6.07 Å². The van der Waals surface area contributed by atoms with Gasteiger partial charge in [0.25, 0.3) is 5.56 Å². The Bertz CT molecular complexity index is 1360. The molecule has 7 nitrogen and oxygen atoms in total. The summed E-state index contributed by atoms with van der Waals surface area (Å²) in [5, 5.41) is -1.07. The molecule has 3 heterocycles. The van der Waals surface area contributed by atoms with Crippen molar-refractivity contribution in [3.63, 3.8) is 0 Å². The monoisotopic (exact) mass is 524 g/mol. The first-order chi connectivity index (χ1) is 18.2. The standard InChI is InChI=1S/C27H31B3N4O3S/c1-18-14-23(38-33-9-3-10-33)6-4-20(18)8-11-34-19(2)31-25-15-21(5-7-24(25)26(34)35)32-12-13-36-22(16-32)17-37-27(28,29)30/h4-7,14-15,22H,3,8-13,16-17H2,1-2H3. The minimum atomic E-state index is -1.69. The molecule has 0 amide bonds. The number of hydrogen-bond acceptors (Lipinski definition) is 7. The maximum Gasteiger partial charge on any atom is 0.261 e. The molecule has 0 aliphatic carbocycles. The Labute approximate surface area is 232 Å². The summed E-state index contributed by atoms with van der Waals surface area (Å²) < 4.78 is 15.2. The van der Waals surface area contributed by atoms with Crippen LogP contribution in [0.2, 0.25) is 0 Å².